The molecule has 37 heavy (non-hydrogen) atoms. The monoisotopic (exact) mass is 503 g/mol. The number of piperidine rings is 1. The molecule has 0 unspecified atom stereocenters. The molecule has 190 valence electrons. The van der Waals surface area contributed by atoms with Crippen LogP contribution in [-0.4, -0.2) is 46.3 Å². The first-order chi connectivity index (χ1) is 18.0. The molecule has 1 aliphatic rings. The van der Waals surface area contributed by atoms with Crippen molar-refractivity contribution in [1.82, 2.24) is 20.0 Å². The molecule has 4 aromatic rings. The number of hydrogen-bond acceptors (Lipinski definition) is 7. The zero-order valence-electron chi connectivity index (χ0n) is 20.5. The summed E-state index contributed by atoms with van der Waals surface area (Å²) < 4.78 is 31.2. The first-order valence-corrected chi connectivity index (χ1v) is 11.9. The van der Waals surface area contributed by atoms with E-state index in [0.717, 1.165) is 5.56 Å². The van der Waals surface area contributed by atoms with E-state index >= 15 is 0 Å². The number of methoxy groups -OCH3 is 1. The third-order valence-corrected chi connectivity index (χ3v) is 6.19. The van der Waals surface area contributed by atoms with Crippen molar-refractivity contribution < 1.29 is 23.2 Å². The number of pyridine rings is 1. The van der Waals surface area contributed by atoms with Gasteiger partial charge < -0.3 is 24.2 Å². The molecule has 0 saturated carbocycles. The predicted octanol–water partition coefficient (Wildman–Crippen LogP) is 5.79. The van der Waals surface area contributed by atoms with Crippen LogP contribution in [0.4, 0.5) is 14.9 Å². The summed E-state index contributed by atoms with van der Waals surface area (Å²) in [5.74, 6) is 1.40. The summed E-state index contributed by atoms with van der Waals surface area (Å²) >= 11 is 0. The molecule has 0 bridgehead atoms. The van der Waals surface area contributed by atoms with Crippen molar-refractivity contribution in [2.75, 3.05) is 25.5 Å². The van der Waals surface area contributed by atoms with Gasteiger partial charge in [-0.3, -0.25) is 4.98 Å². The van der Waals surface area contributed by atoms with Gasteiger partial charge in [0.25, 0.3) is 0 Å². The number of carbonyl (C=O) groups is 1. The highest BCUT2D eigenvalue weighted by Crippen LogP contribution is 2.34. The molecule has 2 amide bonds. The van der Waals surface area contributed by atoms with Crippen molar-refractivity contribution in [3.05, 3.63) is 78.1 Å². The van der Waals surface area contributed by atoms with Gasteiger partial charge in [0.2, 0.25) is 11.7 Å². The number of rotatable bonds is 6. The van der Waals surface area contributed by atoms with Gasteiger partial charge in [0.05, 0.1) is 7.11 Å². The molecule has 2 aromatic carbocycles. The van der Waals surface area contributed by atoms with Crippen LogP contribution in [0.15, 0.2) is 65.3 Å². The lowest BCUT2D eigenvalue weighted by Crippen LogP contribution is -2.40. The molecule has 1 N–H and O–H groups in total. The summed E-state index contributed by atoms with van der Waals surface area (Å²) in [5.41, 5.74) is 1.99. The number of urea groups is 1. The zero-order chi connectivity index (χ0) is 25.8. The Hall–Kier alpha value is -4.47. The molecule has 0 aliphatic carbocycles. The Balaban J connectivity index is 1.17. The van der Waals surface area contributed by atoms with Crippen LogP contribution >= 0.6 is 0 Å². The third-order valence-electron chi connectivity index (χ3n) is 6.19. The topological polar surface area (TPSA) is 103 Å². The molecular weight excluding hydrogens is 477 g/mol. The number of nitrogens with one attached hydrogen (secondary N) is 1. The average molecular weight is 504 g/mol. The fourth-order valence-corrected chi connectivity index (χ4v) is 4.17. The quantitative estimate of drug-likeness (QED) is 0.355. The second kappa shape index (κ2) is 10.7. The van der Waals surface area contributed by atoms with Crippen LogP contribution in [0.3, 0.4) is 0 Å². The summed E-state index contributed by atoms with van der Waals surface area (Å²) in [6.45, 7) is 2.95. The maximum atomic E-state index is 14.7. The Labute approximate surface area is 213 Å². The van der Waals surface area contributed by atoms with E-state index in [4.69, 9.17) is 14.0 Å². The number of aryl methyl sites for hydroxylation is 1. The molecule has 1 saturated heterocycles. The Kier molecular flexibility index (Phi) is 6.98. The highest BCUT2D eigenvalue weighted by atomic mass is 19.1. The summed E-state index contributed by atoms with van der Waals surface area (Å²) in [5, 5.41) is 6.79. The maximum Gasteiger partial charge on any atom is 0.321 e. The van der Waals surface area contributed by atoms with Crippen LogP contribution in [0, 0.1) is 12.7 Å². The van der Waals surface area contributed by atoms with Crippen LogP contribution in [0.1, 0.15) is 30.2 Å². The Morgan fingerprint density at radius 1 is 1.08 bits per heavy atom. The smallest absolute Gasteiger partial charge is 0.321 e. The number of amides is 2. The number of aromatic nitrogens is 3. The minimum atomic E-state index is -0.598. The number of anilines is 1. The lowest BCUT2D eigenvalue weighted by molar-refractivity contribution is 0.187. The van der Waals surface area contributed by atoms with Gasteiger partial charge in [0, 0.05) is 37.0 Å². The fourth-order valence-electron chi connectivity index (χ4n) is 4.17. The first kappa shape index (κ1) is 24.2. The molecule has 0 atom stereocenters. The van der Waals surface area contributed by atoms with E-state index in [1.165, 1.54) is 19.2 Å². The molecule has 2 aromatic heterocycles. The van der Waals surface area contributed by atoms with Crippen LogP contribution < -0.4 is 14.8 Å². The van der Waals surface area contributed by atoms with Gasteiger partial charge in [-0.15, -0.1) is 0 Å². The van der Waals surface area contributed by atoms with Crippen LogP contribution in [-0.2, 0) is 0 Å². The van der Waals surface area contributed by atoms with E-state index in [-0.39, 0.29) is 17.7 Å². The lowest BCUT2D eigenvalue weighted by atomic mass is 9.97. The predicted molar refractivity (Wildman–Crippen MR) is 134 cm³/mol. The molecule has 10 heteroatoms. The molecule has 5 rings (SSSR count). The number of hydrogen-bond donors (Lipinski definition) is 1. The molecule has 9 nitrogen and oxygen atoms in total. The zero-order valence-corrected chi connectivity index (χ0v) is 20.5. The number of carbonyl (C=O) groups excluding carboxylic acids is 1. The standard InChI is InChI=1S/C27H26FN5O4/c1-17-6-8-23(24(15-17)35-2)36-22-9-7-19(16-20(22)28)30-27(34)33-13-10-18(11-14-33)26-31-25(32-37-26)21-5-3-4-12-29-21/h3-9,12,15-16,18H,10-11,13-14H2,1-2H3,(H,30,34). The van der Waals surface area contributed by atoms with E-state index in [1.54, 1.807) is 23.2 Å². The van der Waals surface area contributed by atoms with Gasteiger partial charge in [-0.05, 0) is 61.7 Å². The van der Waals surface area contributed by atoms with Gasteiger partial charge >= 0.3 is 6.03 Å². The Morgan fingerprint density at radius 2 is 1.89 bits per heavy atom. The second-order valence-electron chi connectivity index (χ2n) is 8.76. The van der Waals surface area contributed by atoms with Crippen molar-refractivity contribution >= 4 is 11.7 Å². The number of halogens is 1. The van der Waals surface area contributed by atoms with E-state index in [9.17, 15) is 9.18 Å². The van der Waals surface area contributed by atoms with Gasteiger partial charge in [-0.25, -0.2) is 9.18 Å². The van der Waals surface area contributed by atoms with Gasteiger partial charge in [-0.2, -0.15) is 4.98 Å². The van der Waals surface area contributed by atoms with E-state index in [1.807, 2.05) is 37.3 Å². The van der Waals surface area contributed by atoms with Crippen LogP contribution in [0.5, 0.6) is 17.2 Å². The van der Waals surface area contributed by atoms with E-state index in [2.05, 4.69) is 20.4 Å². The molecule has 1 fully saturated rings. The number of likely N-dealkylation sites (tertiary alicyclic amines) is 1. The summed E-state index contributed by atoms with van der Waals surface area (Å²) in [6.07, 6.45) is 3.03. The minimum absolute atomic E-state index is 0.0330. The summed E-state index contributed by atoms with van der Waals surface area (Å²) in [7, 11) is 1.53. The Bertz CT molecular complexity index is 1390. The summed E-state index contributed by atoms with van der Waals surface area (Å²) in [6, 6.07) is 14.9. The van der Waals surface area contributed by atoms with Crippen LogP contribution in [0.25, 0.3) is 11.5 Å². The molecule has 0 radical (unpaired) electrons. The van der Waals surface area contributed by atoms with Crippen molar-refractivity contribution in [3.8, 4) is 28.8 Å². The molecule has 0 spiro atoms. The van der Waals surface area contributed by atoms with E-state index in [0.29, 0.717) is 60.5 Å². The van der Waals surface area contributed by atoms with Gasteiger partial charge in [0.1, 0.15) is 5.69 Å². The first-order valence-electron chi connectivity index (χ1n) is 11.9. The Morgan fingerprint density at radius 3 is 2.62 bits per heavy atom. The third kappa shape index (κ3) is 5.53. The van der Waals surface area contributed by atoms with Crippen LogP contribution in [0.2, 0.25) is 0 Å². The SMILES string of the molecule is COc1cc(C)ccc1Oc1ccc(NC(=O)N2CCC(c3nc(-c4ccccn4)no3)CC2)cc1F. The number of ether oxygens (including phenoxy) is 2. The maximum absolute atomic E-state index is 14.7. The van der Waals surface area contributed by atoms with Crippen molar-refractivity contribution in [2.45, 2.75) is 25.7 Å². The molecule has 3 heterocycles. The van der Waals surface area contributed by atoms with E-state index < -0.39 is 5.82 Å². The lowest BCUT2D eigenvalue weighted by Gasteiger charge is -2.30. The minimum Gasteiger partial charge on any atom is -0.493 e. The highest BCUT2D eigenvalue weighted by molar-refractivity contribution is 5.89. The average Bonchev–Trinajstić information content (AvgIpc) is 3.42. The fraction of sp³-hybridized carbons (Fsp3) is 0.259. The summed E-state index contributed by atoms with van der Waals surface area (Å²) in [4.78, 5) is 23.2. The molecule has 1 aliphatic heterocycles. The normalized spacial score (nSPS) is 13.9. The van der Waals surface area contributed by atoms with Gasteiger partial charge in [-0.1, -0.05) is 17.3 Å². The largest absolute Gasteiger partial charge is 0.493 e. The van der Waals surface area contributed by atoms with Crippen molar-refractivity contribution in [2.24, 2.45) is 0 Å². The van der Waals surface area contributed by atoms with Crippen molar-refractivity contribution in [1.29, 1.82) is 0 Å². The van der Waals surface area contributed by atoms with Crippen molar-refractivity contribution in [3.63, 3.8) is 0 Å². The number of benzene rings is 2. The second-order valence-corrected chi connectivity index (χ2v) is 8.76. The highest BCUT2D eigenvalue weighted by Gasteiger charge is 2.28. The number of nitrogens with zero attached hydrogens (tertiary/aromatic N) is 4. The molecular formula is C27H26FN5O4. The van der Waals surface area contributed by atoms with Gasteiger partial charge in [0.15, 0.2) is 23.1 Å².